The van der Waals surface area contributed by atoms with Crippen LogP contribution in [0.15, 0.2) is 72.8 Å². The van der Waals surface area contributed by atoms with E-state index in [1.165, 1.54) is 22.5 Å². The van der Waals surface area contributed by atoms with Crippen LogP contribution in [0.1, 0.15) is 30.5 Å². The first kappa shape index (κ1) is 23.8. The summed E-state index contributed by atoms with van der Waals surface area (Å²) >= 11 is 0. The number of carbonyl (C=O) groups is 1. The molecule has 5 nitrogen and oxygen atoms in total. The molecule has 4 rings (SSSR count). The molecule has 0 fully saturated rings. The van der Waals surface area contributed by atoms with Crippen LogP contribution < -0.4 is 9.64 Å². The minimum absolute atomic E-state index is 0.317. The van der Waals surface area contributed by atoms with Gasteiger partial charge in [0.2, 0.25) is 0 Å². The molecule has 0 spiro atoms. The Morgan fingerprint density at radius 1 is 0.853 bits per heavy atom. The summed E-state index contributed by atoms with van der Waals surface area (Å²) in [4.78, 5) is 14.5. The first-order chi connectivity index (χ1) is 16.7. The van der Waals surface area contributed by atoms with Crippen molar-refractivity contribution in [3.63, 3.8) is 0 Å². The predicted octanol–water partition coefficient (Wildman–Crippen LogP) is 5.51. The van der Waals surface area contributed by atoms with E-state index >= 15 is 0 Å². The number of carbonyl (C=O) groups excluding carboxylic acids is 1. The number of rotatable bonds is 10. The zero-order valence-electron chi connectivity index (χ0n) is 20.0. The third-order valence-corrected chi connectivity index (χ3v) is 6.07. The molecule has 5 heteroatoms. The van der Waals surface area contributed by atoms with Gasteiger partial charge in [-0.3, -0.25) is 0 Å². The second-order valence-corrected chi connectivity index (χ2v) is 8.30. The standard InChI is InChI=1S/C29H33NO4/c1-3-32-28(29(31)33-4-2)21-22-13-17-25(18-14-22)34-20-19-30-26-11-7-5-9-23(26)15-16-24-10-6-8-12-27(24)30/h5-14,17-18,28H,3-4,15-16,19-21H2,1-2H3. The maximum atomic E-state index is 12.1. The van der Waals surface area contributed by atoms with Gasteiger partial charge in [-0.2, -0.15) is 0 Å². The van der Waals surface area contributed by atoms with E-state index in [0.717, 1.165) is 30.7 Å². The zero-order valence-corrected chi connectivity index (χ0v) is 20.0. The van der Waals surface area contributed by atoms with Crippen LogP contribution in [0, 0.1) is 0 Å². The Bertz CT molecular complexity index is 1030. The van der Waals surface area contributed by atoms with Gasteiger partial charge in [-0.25, -0.2) is 4.79 Å². The number of hydrogen-bond acceptors (Lipinski definition) is 5. The van der Waals surface area contributed by atoms with Gasteiger partial charge in [0.15, 0.2) is 6.10 Å². The van der Waals surface area contributed by atoms with Crippen molar-refractivity contribution in [2.24, 2.45) is 0 Å². The summed E-state index contributed by atoms with van der Waals surface area (Å²) in [6.45, 7) is 5.81. The van der Waals surface area contributed by atoms with Gasteiger partial charge in [0.05, 0.1) is 13.2 Å². The lowest BCUT2D eigenvalue weighted by Gasteiger charge is -2.27. The number of hydrogen-bond donors (Lipinski definition) is 0. The molecule has 1 unspecified atom stereocenters. The van der Waals surface area contributed by atoms with Gasteiger partial charge in [0.25, 0.3) is 0 Å². The lowest BCUT2D eigenvalue weighted by molar-refractivity contribution is -0.156. The maximum Gasteiger partial charge on any atom is 0.335 e. The van der Waals surface area contributed by atoms with Crippen LogP contribution in [-0.4, -0.2) is 38.4 Å². The number of ether oxygens (including phenoxy) is 3. The Kier molecular flexibility index (Phi) is 8.21. The fraction of sp³-hybridized carbons (Fsp3) is 0.345. The highest BCUT2D eigenvalue weighted by Crippen LogP contribution is 2.35. The molecular weight excluding hydrogens is 426 g/mol. The number of fused-ring (bicyclic) bond motifs is 2. The van der Waals surface area contributed by atoms with Crippen LogP contribution in [0.4, 0.5) is 11.4 Å². The van der Waals surface area contributed by atoms with Gasteiger partial charge in [-0.05, 0) is 67.6 Å². The summed E-state index contributed by atoms with van der Waals surface area (Å²) in [6.07, 6.45) is 1.98. The van der Waals surface area contributed by atoms with Gasteiger partial charge in [0, 0.05) is 24.4 Å². The van der Waals surface area contributed by atoms with Crippen LogP contribution in [-0.2, 0) is 33.5 Å². The number of anilines is 2. The summed E-state index contributed by atoms with van der Waals surface area (Å²) in [5.41, 5.74) is 6.26. The first-order valence-electron chi connectivity index (χ1n) is 12.1. The molecule has 1 heterocycles. The summed E-state index contributed by atoms with van der Waals surface area (Å²) < 4.78 is 16.8. The highest BCUT2D eigenvalue weighted by Gasteiger charge is 2.21. The highest BCUT2D eigenvalue weighted by atomic mass is 16.6. The first-order valence-corrected chi connectivity index (χ1v) is 12.1. The minimum atomic E-state index is -0.583. The summed E-state index contributed by atoms with van der Waals surface area (Å²) in [6, 6.07) is 25.1. The molecule has 1 aliphatic heterocycles. The van der Waals surface area contributed by atoms with Crippen LogP contribution in [0.2, 0.25) is 0 Å². The minimum Gasteiger partial charge on any atom is -0.492 e. The van der Waals surface area contributed by atoms with E-state index in [0.29, 0.717) is 26.2 Å². The van der Waals surface area contributed by atoms with Crippen molar-refractivity contribution >= 4 is 17.3 Å². The van der Waals surface area contributed by atoms with Crippen molar-refractivity contribution in [2.75, 3.05) is 31.3 Å². The lowest BCUT2D eigenvalue weighted by atomic mass is 10.0. The van der Waals surface area contributed by atoms with Crippen molar-refractivity contribution in [3.8, 4) is 5.75 Å². The normalized spacial score (nSPS) is 13.4. The van der Waals surface area contributed by atoms with Crippen molar-refractivity contribution in [3.05, 3.63) is 89.5 Å². The molecule has 0 N–H and O–H groups in total. The van der Waals surface area contributed by atoms with E-state index in [4.69, 9.17) is 14.2 Å². The van der Waals surface area contributed by atoms with Gasteiger partial charge < -0.3 is 19.1 Å². The summed E-state index contributed by atoms with van der Waals surface area (Å²) in [5, 5.41) is 0. The number of aryl methyl sites for hydroxylation is 2. The molecule has 0 saturated heterocycles. The molecular formula is C29H33NO4. The number of benzene rings is 3. The fourth-order valence-electron chi connectivity index (χ4n) is 4.45. The van der Waals surface area contributed by atoms with Gasteiger partial charge in [-0.15, -0.1) is 0 Å². The van der Waals surface area contributed by atoms with Gasteiger partial charge in [0.1, 0.15) is 12.4 Å². The molecule has 3 aromatic rings. The molecule has 0 radical (unpaired) electrons. The average Bonchev–Trinajstić information content (AvgIpc) is 3.02. The molecule has 3 aromatic carbocycles. The molecule has 0 aromatic heterocycles. The van der Waals surface area contributed by atoms with Gasteiger partial charge in [-0.1, -0.05) is 48.5 Å². The van der Waals surface area contributed by atoms with E-state index in [9.17, 15) is 4.79 Å². The van der Waals surface area contributed by atoms with Crippen LogP contribution in [0.3, 0.4) is 0 Å². The van der Waals surface area contributed by atoms with Crippen molar-refractivity contribution in [2.45, 2.75) is 39.2 Å². The van der Waals surface area contributed by atoms with Crippen molar-refractivity contribution in [1.29, 1.82) is 0 Å². The smallest absolute Gasteiger partial charge is 0.335 e. The fourth-order valence-corrected chi connectivity index (χ4v) is 4.45. The van der Waals surface area contributed by atoms with Crippen molar-refractivity contribution < 1.29 is 19.0 Å². The SMILES string of the molecule is CCOC(=O)C(Cc1ccc(OCCN2c3ccccc3CCc3ccccc32)cc1)OCC. The van der Waals surface area contributed by atoms with E-state index < -0.39 is 6.10 Å². The Morgan fingerprint density at radius 3 is 2.06 bits per heavy atom. The number of esters is 1. The largest absolute Gasteiger partial charge is 0.492 e. The molecule has 0 bridgehead atoms. The van der Waals surface area contributed by atoms with Crippen molar-refractivity contribution in [1.82, 2.24) is 0 Å². The third kappa shape index (κ3) is 5.78. The van der Waals surface area contributed by atoms with Crippen LogP contribution in [0.5, 0.6) is 5.75 Å². The number of nitrogens with zero attached hydrogens (tertiary/aromatic N) is 1. The second-order valence-electron chi connectivity index (χ2n) is 8.30. The Labute approximate surface area is 202 Å². The predicted molar refractivity (Wildman–Crippen MR) is 135 cm³/mol. The molecule has 0 amide bonds. The third-order valence-electron chi connectivity index (χ3n) is 6.07. The van der Waals surface area contributed by atoms with Crippen LogP contribution >= 0.6 is 0 Å². The molecule has 178 valence electrons. The van der Waals surface area contributed by atoms with E-state index in [-0.39, 0.29) is 5.97 Å². The average molecular weight is 460 g/mol. The molecule has 0 aliphatic carbocycles. The number of para-hydroxylation sites is 2. The van der Waals surface area contributed by atoms with Crippen LogP contribution in [0.25, 0.3) is 0 Å². The summed E-state index contributed by atoms with van der Waals surface area (Å²) in [7, 11) is 0. The molecule has 34 heavy (non-hydrogen) atoms. The molecule has 1 aliphatic rings. The monoisotopic (exact) mass is 459 g/mol. The molecule has 1 atom stereocenters. The highest BCUT2D eigenvalue weighted by molar-refractivity contribution is 5.75. The lowest BCUT2D eigenvalue weighted by Crippen LogP contribution is -2.29. The second kappa shape index (κ2) is 11.7. The van der Waals surface area contributed by atoms with E-state index in [1.54, 1.807) is 6.92 Å². The Morgan fingerprint density at radius 2 is 1.47 bits per heavy atom. The topological polar surface area (TPSA) is 48.0 Å². The van der Waals surface area contributed by atoms with E-state index in [1.807, 2.05) is 31.2 Å². The quantitative estimate of drug-likeness (QED) is 0.374. The zero-order chi connectivity index (χ0) is 23.8. The maximum absolute atomic E-state index is 12.1. The van der Waals surface area contributed by atoms with E-state index in [2.05, 4.69) is 53.4 Å². The Balaban J connectivity index is 1.40. The molecule has 0 saturated carbocycles. The Hall–Kier alpha value is -3.31. The van der Waals surface area contributed by atoms with Gasteiger partial charge >= 0.3 is 5.97 Å². The summed E-state index contributed by atoms with van der Waals surface area (Å²) in [5.74, 6) is 0.493.